The van der Waals surface area contributed by atoms with Gasteiger partial charge in [0.2, 0.25) is 0 Å². The van der Waals surface area contributed by atoms with E-state index in [0.717, 1.165) is 0 Å². The Bertz CT molecular complexity index is 663. The Labute approximate surface area is 195 Å². The Kier molecular flexibility index (Phi) is 12.7. The molecule has 2 rings (SSSR count). The molecule has 0 aliphatic carbocycles. The van der Waals surface area contributed by atoms with Crippen molar-refractivity contribution in [1.82, 2.24) is 0 Å². The zero-order chi connectivity index (χ0) is 21.7. The van der Waals surface area contributed by atoms with Crippen LogP contribution in [0.15, 0.2) is 36.4 Å². The van der Waals surface area contributed by atoms with Crippen LogP contribution < -0.4 is 2.89 Å². The summed E-state index contributed by atoms with van der Waals surface area (Å²) in [4.78, 5) is 1.51. The fourth-order valence-electron chi connectivity index (χ4n) is 4.66. The van der Waals surface area contributed by atoms with Crippen molar-refractivity contribution < 1.29 is 0 Å². The maximum atomic E-state index is 2.57. The van der Waals surface area contributed by atoms with Gasteiger partial charge in [0.05, 0.1) is 0 Å². The maximum absolute atomic E-state index is 2.57. The minimum absolute atomic E-state index is 1.24. The summed E-state index contributed by atoms with van der Waals surface area (Å²) in [6.45, 7) is 9.41. The zero-order valence-electron chi connectivity index (χ0n) is 20.3. The van der Waals surface area contributed by atoms with Crippen molar-refractivity contribution in [2.45, 2.75) is 112 Å². The van der Waals surface area contributed by atoms with Crippen LogP contribution in [0.2, 0.25) is 13.3 Å². The molecule has 0 saturated carbocycles. The Morgan fingerprint density at radius 3 is 1.70 bits per heavy atom. The number of rotatable bonds is 16. The summed E-state index contributed by atoms with van der Waals surface area (Å²) < 4.78 is 6.57. The molecule has 2 heteroatoms. The molecule has 1 aromatic heterocycles. The van der Waals surface area contributed by atoms with Gasteiger partial charge in [-0.2, -0.15) is 0 Å². The molecule has 0 spiro atoms. The normalized spacial score (nSPS) is 11.9. The van der Waals surface area contributed by atoms with Crippen LogP contribution in [-0.2, 0) is 6.42 Å². The topological polar surface area (TPSA) is 0 Å². The van der Waals surface area contributed by atoms with Crippen LogP contribution in [0.1, 0.15) is 97.5 Å². The molecule has 1 heterocycles. The van der Waals surface area contributed by atoms with Crippen molar-refractivity contribution in [2.24, 2.45) is 0 Å². The van der Waals surface area contributed by atoms with Crippen molar-refractivity contribution in [2.75, 3.05) is 0 Å². The van der Waals surface area contributed by atoms with Crippen molar-refractivity contribution in [3.63, 3.8) is 0 Å². The summed E-state index contributed by atoms with van der Waals surface area (Å²) >= 11 is -0.104. The number of hydrogen-bond donors (Lipinski definition) is 0. The van der Waals surface area contributed by atoms with E-state index in [4.69, 9.17) is 0 Å². The molecule has 0 saturated heterocycles. The second-order valence-electron chi connectivity index (χ2n) is 9.26. The predicted molar refractivity (Wildman–Crippen MR) is 142 cm³/mol. The first-order valence-electron chi connectivity index (χ1n) is 12.9. The molecule has 30 heavy (non-hydrogen) atoms. The molecule has 0 bridgehead atoms. The first kappa shape index (κ1) is 26.0. The Hall–Kier alpha value is -0.281. The third kappa shape index (κ3) is 8.01. The van der Waals surface area contributed by atoms with Gasteiger partial charge in [-0.3, -0.25) is 0 Å². The van der Waals surface area contributed by atoms with E-state index in [1.54, 1.807) is 13.3 Å². The molecule has 0 aliphatic rings. The molecule has 2 aromatic rings. The first-order chi connectivity index (χ1) is 14.7. The van der Waals surface area contributed by atoms with Gasteiger partial charge in [0.15, 0.2) is 0 Å². The van der Waals surface area contributed by atoms with Gasteiger partial charge in [-0.1, -0.05) is 6.92 Å². The summed E-state index contributed by atoms with van der Waals surface area (Å²) in [7, 11) is 0. The minimum atomic E-state index is -2.27. The molecule has 0 aliphatic heterocycles. The summed E-state index contributed by atoms with van der Waals surface area (Å²) in [6, 6.07) is 14.5. The van der Waals surface area contributed by atoms with E-state index >= 15 is 0 Å². The first-order valence-corrected chi connectivity index (χ1v) is 21.2. The number of unbranched alkanes of at least 4 members (excludes halogenated alkanes) is 6. The quantitative estimate of drug-likeness (QED) is 0.149. The third-order valence-corrected chi connectivity index (χ3v) is 26.1. The monoisotopic (exact) mass is 534 g/mol. The molecule has 0 nitrogen and oxygen atoms in total. The van der Waals surface area contributed by atoms with Crippen LogP contribution in [0.5, 0.6) is 0 Å². The van der Waals surface area contributed by atoms with Crippen molar-refractivity contribution in [3.8, 4) is 10.4 Å². The van der Waals surface area contributed by atoms with Crippen LogP contribution in [-0.4, -0.2) is 18.4 Å². The molecule has 1 aromatic carbocycles. The second kappa shape index (κ2) is 14.7. The van der Waals surface area contributed by atoms with Gasteiger partial charge >= 0.3 is 190 Å². The van der Waals surface area contributed by atoms with Crippen molar-refractivity contribution in [3.05, 3.63) is 42.0 Å². The Morgan fingerprint density at radius 2 is 1.17 bits per heavy atom. The Morgan fingerprint density at radius 1 is 0.600 bits per heavy atom. The van der Waals surface area contributed by atoms with E-state index in [0.29, 0.717) is 0 Å². The standard InChI is InChI=1S/C16H19S.3C4H9.Sn/c1-2-3-4-5-7-14-9-11-15(12-10-14)16-8-6-13-17-16;3*1-3-4-2;/h6,8-12H,2-5,7H2,1H3;3*1,3-4H2,2H3;. The molecular formula is C28H46SSn. The van der Waals surface area contributed by atoms with E-state index in [1.165, 1.54) is 86.6 Å². The third-order valence-electron chi connectivity index (χ3n) is 6.71. The van der Waals surface area contributed by atoms with Crippen molar-refractivity contribution >= 4 is 32.6 Å². The molecule has 0 N–H and O–H groups in total. The molecule has 0 fully saturated rings. The van der Waals surface area contributed by atoms with Crippen molar-refractivity contribution in [1.29, 1.82) is 0 Å². The number of benzene rings is 1. The van der Waals surface area contributed by atoms with Gasteiger partial charge in [0.25, 0.3) is 0 Å². The molecule has 0 unspecified atom stereocenters. The summed E-state index contributed by atoms with van der Waals surface area (Å²) in [5.74, 6) is 0. The fraction of sp³-hybridized carbons (Fsp3) is 0.643. The van der Waals surface area contributed by atoms with Gasteiger partial charge in [-0.15, -0.1) is 0 Å². The number of hydrogen-bond acceptors (Lipinski definition) is 1. The van der Waals surface area contributed by atoms with E-state index in [9.17, 15) is 0 Å². The van der Waals surface area contributed by atoms with Crippen LogP contribution in [0.4, 0.5) is 0 Å². The van der Waals surface area contributed by atoms with E-state index in [1.807, 2.05) is 2.89 Å². The average Bonchev–Trinajstić information content (AvgIpc) is 3.28. The van der Waals surface area contributed by atoms with E-state index in [-0.39, 0.29) is 0 Å². The van der Waals surface area contributed by atoms with Crippen LogP contribution in [0, 0.1) is 0 Å². The zero-order valence-corrected chi connectivity index (χ0v) is 23.9. The number of thiophene rings is 1. The fourth-order valence-corrected chi connectivity index (χ4v) is 24.8. The average molecular weight is 533 g/mol. The molecule has 0 atom stereocenters. The van der Waals surface area contributed by atoms with Gasteiger partial charge in [0.1, 0.15) is 0 Å². The molecule has 0 radical (unpaired) electrons. The van der Waals surface area contributed by atoms with Gasteiger partial charge < -0.3 is 0 Å². The van der Waals surface area contributed by atoms with Gasteiger partial charge in [0, 0.05) is 0 Å². The van der Waals surface area contributed by atoms with Gasteiger partial charge in [-0.25, -0.2) is 0 Å². The second-order valence-corrected chi connectivity index (χ2v) is 24.5. The Balaban J connectivity index is 2.16. The van der Waals surface area contributed by atoms with Crippen LogP contribution in [0.25, 0.3) is 10.4 Å². The van der Waals surface area contributed by atoms with Gasteiger partial charge in [-0.05, 0) is 0 Å². The van der Waals surface area contributed by atoms with E-state index < -0.39 is 18.4 Å². The summed E-state index contributed by atoms with van der Waals surface area (Å²) in [5.41, 5.74) is 2.94. The SMILES string of the molecule is CCCCCCc1ccc(-c2cc[c]([Sn]([CH2]CCC)([CH2]CCC)[CH2]CCC)s2)cc1. The summed E-state index contributed by atoms with van der Waals surface area (Å²) in [5, 5.41) is 0. The number of aryl methyl sites for hydroxylation is 1. The van der Waals surface area contributed by atoms with Crippen LogP contribution in [0.3, 0.4) is 0 Å². The summed E-state index contributed by atoms with van der Waals surface area (Å²) in [6.07, 6.45) is 15.0. The molecule has 0 amide bonds. The van der Waals surface area contributed by atoms with Crippen LogP contribution >= 0.6 is 11.3 Å². The molecular weight excluding hydrogens is 487 g/mol. The van der Waals surface area contributed by atoms with E-state index in [2.05, 4.69) is 75.4 Å². The molecule has 168 valence electrons. The predicted octanol–water partition coefficient (Wildman–Crippen LogP) is 9.59.